The third kappa shape index (κ3) is 3.70. The smallest absolute Gasteiger partial charge is 0.237 e. The van der Waals surface area contributed by atoms with Crippen molar-refractivity contribution in [1.82, 2.24) is 19.7 Å². The van der Waals surface area contributed by atoms with Gasteiger partial charge in [0.15, 0.2) is 11.0 Å². The fraction of sp³-hybridized carbons (Fsp3) is 0.227. The molecule has 2 heterocycles. The number of thioether (sulfide) groups is 1. The number of aromatic nitrogens is 4. The van der Waals surface area contributed by atoms with Gasteiger partial charge in [0, 0.05) is 39.4 Å². The summed E-state index contributed by atoms with van der Waals surface area (Å²) in [6.45, 7) is 1.88. The predicted octanol–water partition coefficient (Wildman–Crippen LogP) is 5.53. The minimum Gasteiger partial charge on any atom is -0.360 e. The average molecular weight is 438 g/mol. The molecule has 4 aromatic rings. The third-order valence-electron chi connectivity index (χ3n) is 5.17. The molecule has 2 N–H and O–H groups in total. The minimum absolute atomic E-state index is 0.0821. The lowest BCUT2D eigenvalue weighted by Gasteiger charge is -2.13. The molecule has 1 aliphatic carbocycles. The molecule has 0 radical (unpaired) electrons. The summed E-state index contributed by atoms with van der Waals surface area (Å²) in [5.74, 6) is 0.768. The van der Waals surface area contributed by atoms with Crippen LogP contribution in [0.1, 0.15) is 25.8 Å². The van der Waals surface area contributed by atoms with Crippen molar-refractivity contribution in [2.24, 2.45) is 0 Å². The van der Waals surface area contributed by atoms with E-state index in [-0.39, 0.29) is 11.2 Å². The zero-order valence-corrected chi connectivity index (χ0v) is 17.9. The molecule has 1 fully saturated rings. The Balaban J connectivity index is 1.40. The second-order valence-electron chi connectivity index (χ2n) is 7.41. The van der Waals surface area contributed by atoms with Gasteiger partial charge in [0.05, 0.1) is 5.25 Å². The van der Waals surface area contributed by atoms with E-state index in [2.05, 4.69) is 37.2 Å². The molecule has 8 heteroatoms. The van der Waals surface area contributed by atoms with Gasteiger partial charge in [-0.25, -0.2) is 0 Å². The van der Waals surface area contributed by atoms with Crippen molar-refractivity contribution in [1.29, 1.82) is 0 Å². The predicted molar refractivity (Wildman–Crippen MR) is 121 cm³/mol. The first kappa shape index (κ1) is 19.2. The Hall–Kier alpha value is -2.77. The van der Waals surface area contributed by atoms with E-state index in [4.69, 9.17) is 11.6 Å². The highest BCUT2D eigenvalue weighted by molar-refractivity contribution is 8.00. The van der Waals surface area contributed by atoms with Crippen LogP contribution in [-0.2, 0) is 4.79 Å². The average Bonchev–Trinajstić information content (AvgIpc) is 3.37. The first-order valence-electron chi connectivity index (χ1n) is 9.84. The van der Waals surface area contributed by atoms with Crippen LogP contribution in [0.25, 0.3) is 22.3 Å². The second kappa shape index (κ2) is 7.81. The second-order valence-corrected chi connectivity index (χ2v) is 9.16. The van der Waals surface area contributed by atoms with Gasteiger partial charge in [0.25, 0.3) is 0 Å². The van der Waals surface area contributed by atoms with Gasteiger partial charge in [-0.2, -0.15) is 0 Å². The minimum atomic E-state index is -0.321. The SMILES string of the molecule is CC(Sc1nnc(-c2c[nH]c3ccccc23)n1C1CC1)C(=O)Nc1ccc(Cl)cc1. The maximum atomic E-state index is 12.7. The molecule has 0 aliphatic heterocycles. The summed E-state index contributed by atoms with van der Waals surface area (Å²) in [4.78, 5) is 16.0. The number of aromatic amines is 1. The van der Waals surface area contributed by atoms with E-state index >= 15 is 0 Å². The van der Waals surface area contributed by atoms with E-state index in [1.54, 1.807) is 24.3 Å². The molecule has 1 saturated carbocycles. The standard InChI is InChI=1S/C22H20ClN5OS/c1-13(21(29)25-15-8-6-14(23)7-9-15)30-22-27-26-20(28(22)16-10-11-16)18-12-24-19-5-3-2-4-17(18)19/h2-9,12-13,16,24H,10-11H2,1H3,(H,25,29). The number of halogens is 1. The van der Waals surface area contributed by atoms with Crippen molar-refractivity contribution < 1.29 is 4.79 Å². The molecule has 1 amide bonds. The van der Waals surface area contributed by atoms with Crippen molar-refractivity contribution in [3.63, 3.8) is 0 Å². The molecule has 1 aliphatic rings. The summed E-state index contributed by atoms with van der Waals surface area (Å²) in [6.07, 6.45) is 4.19. The van der Waals surface area contributed by atoms with Crippen LogP contribution in [0.5, 0.6) is 0 Å². The van der Waals surface area contributed by atoms with Crippen LogP contribution in [0.4, 0.5) is 5.69 Å². The van der Waals surface area contributed by atoms with Gasteiger partial charge >= 0.3 is 0 Å². The zero-order valence-electron chi connectivity index (χ0n) is 16.3. The Morgan fingerprint density at radius 3 is 2.73 bits per heavy atom. The number of benzene rings is 2. The Morgan fingerprint density at radius 1 is 1.20 bits per heavy atom. The fourth-order valence-electron chi connectivity index (χ4n) is 3.45. The largest absolute Gasteiger partial charge is 0.360 e. The molecule has 1 unspecified atom stereocenters. The number of nitrogens with zero attached hydrogens (tertiary/aromatic N) is 3. The van der Waals surface area contributed by atoms with Crippen molar-refractivity contribution in [2.45, 2.75) is 36.2 Å². The molecule has 6 nitrogen and oxygen atoms in total. The maximum absolute atomic E-state index is 12.7. The maximum Gasteiger partial charge on any atom is 0.237 e. The van der Waals surface area contributed by atoms with Gasteiger partial charge in [0.1, 0.15) is 0 Å². The molecule has 5 rings (SSSR count). The number of H-pyrrole nitrogens is 1. The molecular weight excluding hydrogens is 418 g/mol. The molecule has 1 atom stereocenters. The molecule has 30 heavy (non-hydrogen) atoms. The molecule has 152 valence electrons. The summed E-state index contributed by atoms with van der Waals surface area (Å²) in [6, 6.07) is 15.7. The Kier molecular flexibility index (Phi) is 5.00. The molecule has 2 aromatic heterocycles. The van der Waals surface area contributed by atoms with Crippen LogP contribution in [0, 0.1) is 0 Å². The number of para-hydroxylation sites is 1. The normalized spacial score (nSPS) is 14.7. The molecule has 2 aromatic carbocycles. The van der Waals surface area contributed by atoms with Gasteiger partial charge in [-0.3, -0.25) is 9.36 Å². The Labute approximate surface area is 183 Å². The topological polar surface area (TPSA) is 75.6 Å². The van der Waals surface area contributed by atoms with E-state index in [0.29, 0.717) is 11.1 Å². The number of fused-ring (bicyclic) bond motifs is 1. The van der Waals surface area contributed by atoms with Crippen LogP contribution in [-0.4, -0.2) is 30.9 Å². The summed E-state index contributed by atoms with van der Waals surface area (Å²) in [7, 11) is 0. The fourth-order valence-corrected chi connectivity index (χ4v) is 4.49. The van der Waals surface area contributed by atoms with Crippen molar-refractivity contribution in [2.75, 3.05) is 5.32 Å². The third-order valence-corrected chi connectivity index (χ3v) is 6.48. The highest BCUT2D eigenvalue weighted by Gasteiger charge is 2.32. The summed E-state index contributed by atoms with van der Waals surface area (Å²) in [5.41, 5.74) is 2.83. The van der Waals surface area contributed by atoms with E-state index < -0.39 is 0 Å². The van der Waals surface area contributed by atoms with Gasteiger partial charge in [0.2, 0.25) is 5.91 Å². The van der Waals surface area contributed by atoms with E-state index in [9.17, 15) is 4.79 Å². The van der Waals surface area contributed by atoms with Gasteiger partial charge in [-0.1, -0.05) is 41.6 Å². The Morgan fingerprint density at radius 2 is 1.97 bits per heavy atom. The van der Waals surface area contributed by atoms with E-state index in [0.717, 1.165) is 46.0 Å². The lowest BCUT2D eigenvalue weighted by Crippen LogP contribution is -2.22. The summed E-state index contributed by atoms with van der Waals surface area (Å²) in [5, 5.41) is 14.1. The first-order chi connectivity index (χ1) is 14.6. The lowest BCUT2D eigenvalue weighted by molar-refractivity contribution is -0.115. The summed E-state index contributed by atoms with van der Waals surface area (Å²) < 4.78 is 2.19. The number of nitrogens with one attached hydrogen (secondary N) is 2. The number of amides is 1. The first-order valence-corrected chi connectivity index (χ1v) is 11.1. The quantitative estimate of drug-likeness (QED) is 0.388. The molecule has 0 saturated heterocycles. The summed E-state index contributed by atoms with van der Waals surface area (Å²) >= 11 is 7.35. The Bertz CT molecular complexity index is 1210. The van der Waals surface area contributed by atoms with Crippen LogP contribution < -0.4 is 5.32 Å². The monoisotopic (exact) mass is 437 g/mol. The number of anilines is 1. The van der Waals surface area contributed by atoms with E-state index in [1.165, 1.54) is 11.8 Å². The molecular formula is C22H20ClN5OS. The van der Waals surface area contributed by atoms with Crippen molar-refractivity contribution in [3.8, 4) is 11.4 Å². The van der Waals surface area contributed by atoms with Crippen LogP contribution in [0.15, 0.2) is 59.9 Å². The number of rotatable bonds is 6. The molecule has 0 spiro atoms. The van der Waals surface area contributed by atoms with Crippen molar-refractivity contribution >= 4 is 45.9 Å². The van der Waals surface area contributed by atoms with Crippen LogP contribution in [0.2, 0.25) is 5.02 Å². The number of carbonyl (C=O) groups excluding carboxylic acids is 1. The molecule has 0 bridgehead atoms. The number of carbonyl (C=O) groups is 1. The van der Waals surface area contributed by atoms with Crippen molar-refractivity contribution in [3.05, 3.63) is 59.8 Å². The van der Waals surface area contributed by atoms with Gasteiger partial charge < -0.3 is 10.3 Å². The highest BCUT2D eigenvalue weighted by Crippen LogP contribution is 2.42. The lowest BCUT2D eigenvalue weighted by atomic mass is 10.1. The van der Waals surface area contributed by atoms with Gasteiger partial charge in [-0.05, 0) is 50.1 Å². The zero-order chi connectivity index (χ0) is 20.7. The number of hydrogen-bond acceptors (Lipinski definition) is 4. The van der Waals surface area contributed by atoms with Crippen LogP contribution in [0.3, 0.4) is 0 Å². The van der Waals surface area contributed by atoms with Gasteiger partial charge in [-0.15, -0.1) is 10.2 Å². The highest BCUT2D eigenvalue weighted by atomic mass is 35.5. The van der Waals surface area contributed by atoms with E-state index in [1.807, 2.05) is 25.3 Å². The number of hydrogen-bond donors (Lipinski definition) is 2. The van der Waals surface area contributed by atoms with Crippen LogP contribution >= 0.6 is 23.4 Å².